The maximum Gasteiger partial charge on any atom is 0.106 e. The Kier molecular flexibility index (Phi) is 4.65. The minimum atomic E-state index is -0.565. The molecule has 2 aromatic carbocycles. The van der Waals surface area contributed by atoms with Gasteiger partial charge in [0.1, 0.15) is 12.2 Å². The maximum atomic E-state index is 10.5. The van der Waals surface area contributed by atoms with Crippen molar-refractivity contribution in [3.05, 3.63) is 71.8 Å². The van der Waals surface area contributed by atoms with Gasteiger partial charge in [-0.3, -0.25) is 4.90 Å². The Morgan fingerprint density at radius 1 is 1.05 bits per heavy atom. The molecule has 3 nitrogen and oxygen atoms in total. The molecule has 1 aliphatic rings. The van der Waals surface area contributed by atoms with Crippen molar-refractivity contribution in [1.82, 2.24) is 4.90 Å². The van der Waals surface area contributed by atoms with Crippen LogP contribution in [-0.4, -0.2) is 35.8 Å². The molecule has 21 heavy (non-hydrogen) atoms. The summed E-state index contributed by atoms with van der Waals surface area (Å²) >= 11 is 0. The van der Waals surface area contributed by atoms with E-state index >= 15 is 0 Å². The van der Waals surface area contributed by atoms with Crippen LogP contribution in [0.2, 0.25) is 0 Å². The largest absolute Gasteiger partial charge is 0.386 e. The van der Waals surface area contributed by atoms with E-state index in [4.69, 9.17) is 4.74 Å². The van der Waals surface area contributed by atoms with Gasteiger partial charge in [0, 0.05) is 19.6 Å². The highest BCUT2D eigenvalue weighted by Crippen LogP contribution is 2.22. The third kappa shape index (κ3) is 3.70. The topological polar surface area (TPSA) is 32.7 Å². The molecule has 1 N–H and O–H groups in total. The van der Waals surface area contributed by atoms with Crippen LogP contribution in [0.3, 0.4) is 0 Å². The molecule has 1 heterocycles. The van der Waals surface area contributed by atoms with Crippen molar-refractivity contribution in [2.45, 2.75) is 18.8 Å². The average molecular weight is 283 g/mol. The number of rotatable bonds is 4. The first-order valence-corrected chi connectivity index (χ1v) is 7.44. The number of nitrogens with zero attached hydrogens (tertiary/aromatic N) is 1. The van der Waals surface area contributed by atoms with Gasteiger partial charge in [0.15, 0.2) is 0 Å². The molecule has 0 saturated carbocycles. The van der Waals surface area contributed by atoms with Crippen molar-refractivity contribution >= 4 is 0 Å². The predicted octanol–water partition coefficient (Wildman–Crippen LogP) is 2.62. The molecule has 1 saturated heterocycles. The zero-order valence-corrected chi connectivity index (χ0v) is 12.1. The van der Waals surface area contributed by atoms with E-state index in [0.29, 0.717) is 6.61 Å². The van der Waals surface area contributed by atoms with E-state index in [1.807, 2.05) is 36.4 Å². The number of morpholine rings is 1. The molecule has 0 radical (unpaired) electrons. The van der Waals surface area contributed by atoms with E-state index in [-0.39, 0.29) is 6.10 Å². The Morgan fingerprint density at radius 3 is 2.43 bits per heavy atom. The standard InChI is InChI=1S/C18H21NO2/c20-18(16-9-5-2-6-10-16)17-14-19(11-12-21-17)13-15-7-3-1-4-8-15/h1-10,17-18,20H,11-14H2/t17-,18-/m1/s1. The molecular formula is C18H21NO2. The van der Waals surface area contributed by atoms with Gasteiger partial charge in [0.2, 0.25) is 0 Å². The highest BCUT2D eigenvalue weighted by molar-refractivity contribution is 5.19. The quantitative estimate of drug-likeness (QED) is 0.936. The van der Waals surface area contributed by atoms with Gasteiger partial charge in [-0.05, 0) is 11.1 Å². The van der Waals surface area contributed by atoms with Gasteiger partial charge in [0.25, 0.3) is 0 Å². The predicted molar refractivity (Wildman–Crippen MR) is 82.9 cm³/mol. The van der Waals surface area contributed by atoms with E-state index < -0.39 is 6.10 Å². The van der Waals surface area contributed by atoms with Gasteiger partial charge in [-0.2, -0.15) is 0 Å². The smallest absolute Gasteiger partial charge is 0.106 e. The number of aliphatic hydroxyl groups excluding tert-OH is 1. The Labute approximate surface area is 125 Å². The molecule has 2 aromatic rings. The van der Waals surface area contributed by atoms with Crippen molar-refractivity contribution in [3.63, 3.8) is 0 Å². The number of hydrogen-bond donors (Lipinski definition) is 1. The van der Waals surface area contributed by atoms with Crippen LogP contribution in [0.4, 0.5) is 0 Å². The van der Waals surface area contributed by atoms with Crippen LogP contribution < -0.4 is 0 Å². The third-order valence-electron chi connectivity index (χ3n) is 3.92. The van der Waals surface area contributed by atoms with Gasteiger partial charge in [-0.25, -0.2) is 0 Å². The lowest BCUT2D eigenvalue weighted by Gasteiger charge is -2.35. The number of aliphatic hydroxyl groups is 1. The van der Waals surface area contributed by atoms with Crippen LogP contribution >= 0.6 is 0 Å². The fourth-order valence-corrected chi connectivity index (χ4v) is 2.77. The van der Waals surface area contributed by atoms with E-state index in [0.717, 1.165) is 25.2 Å². The van der Waals surface area contributed by atoms with Crippen LogP contribution in [0.15, 0.2) is 60.7 Å². The Morgan fingerprint density at radius 2 is 1.71 bits per heavy atom. The first-order chi connectivity index (χ1) is 10.3. The van der Waals surface area contributed by atoms with Crippen LogP contribution in [0.1, 0.15) is 17.2 Å². The van der Waals surface area contributed by atoms with Gasteiger partial charge in [0.05, 0.1) is 6.61 Å². The monoisotopic (exact) mass is 283 g/mol. The lowest BCUT2D eigenvalue weighted by Crippen LogP contribution is -2.44. The minimum absolute atomic E-state index is 0.162. The van der Waals surface area contributed by atoms with Crippen LogP contribution in [0.5, 0.6) is 0 Å². The molecule has 0 aliphatic carbocycles. The van der Waals surface area contributed by atoms with Crippen LogP contribution in [0.25, 0.3) is 0 Å². The third-order valence-corrected chi connectivity index (χ3v) is 3.92. The summed E-state index contributed by atoms with van der Waals surface area (Å²) in [5.41, 5.74) is 2.22. The molecular weight excluding hydrogens is 262 g/mol. The molecule has 1 fully saturated rings. The number of ether oxygens (including phenoxy) is 1. The average Bonchev–Trinajstić information content (AvgIpc) is 2.56. The van der Waals surface area contributed by atoms with Crippen molar-refractivity contribution in [3.8, 4) is 0 Å². The molecule has 0 bridgehead atoms. The summed E-state index contributed by atoms with van der Waals surface area (Å²) in [7, 11) is 0. The second-order valence-corrected chi connectivity index (χ2v) is 5.49. The normalized spacial score (nSPS) is 21.1. The first kappa shape index (κ1) is 14.3. The van der Waals surface area contributed by atoms with Crippen molar-refractivity contribution < 1.29 is 9.84 Å². The molecule has 1 aliphatic heterocycles. The maximum absolute atomic E-state index is 10.5. The van der Waals surface area contributed by atoms with E-state index in [1.165, 1.54) is 5.56 Å². The highest BCUT2D eigenvalue weighted by Gasteiger charge is 2.27. The number of hydrogen-bond acceptors (Lipinski definition) is 3. The molecule has 2 atom stereocenters. The zero-order chi connectivity index (χ0) is 14.5. The lowest BCUT2D eigenvalue weighted by molar-refractivity contribution is -0.0918. The fraction of sp³-hybridized carbons (Fsp3) is 0.333. The van der Waals surface area contributed by atoms with Crippen LogP contribution in [0, 0.1) is 0 Å². The summed E-state index contributed by atoms with van der Waals surface area (Å²) in [4.78, 5) is 2.34. The van der Waals surface area contributed by atoms with E-state index in [9.17, 15) is 5.11 Å². The van der Waals surface area contributed by atoms with Crippen molar-refractivity contribution in [2.75, 3.05) is 19.7 Å². The van der Waals surface area contributed by atoms with Crippen LogP contribution in [-0.2, 0) is 11.3 Å². The summed E-state index contributed by atoms with van der Waals surface area (Å²) < 4.78 is 5.77. The SMILES string of the molecule is O[C@H](c1ccccc1)[C@H]1CN(Cc2ccccc2)CCO1. The molecule has 3 heteroatoms. The Balaban J connectivity index is 1.63. The second-order valence-electron chi connectivity index (χ2n) is 5.49. The second kappa shape index (κ2) is 6.85. The van der Waals surface area contributed by atoms with E-state index in [2.05, 4.69) is 29.2 Å². The van der Waals surface area contributed by atoms with E-state index in [1.54, 1.807) is 0 Å². The minimum Gasteiger partial charge on any atom is -0.386 e. The number of benzene rings is 2. The first-order valence-electron chi connectivity index (χ1n) is 7.44. The highest BCUT2D eigenvalue weighted by atomic mass is 16.5. The summed E-state index contributed by atoms with van der Waals surface area (Å²) in [6.07, 6.45) is -0.727. The van der Waals surface area contributed by atoms with Gasteiger partial charge in [-0.15, -0.1) is 0 Å². The van der Waals surface area contributed by atoms with Crippen molar-refractivity contribution in [2.24, 2.45) is 0 Å². The summed E-state index contributed by atoms with van der Waals surface area (Å²) in [6.45, 7) is 3.24. The summed E-state index contributed by atoms with van der Waals surface area (Å²) in [5.74, 6) is 0. The molecule has 0 aromatic heterocycles. The molecule has 110 valence electrons. The summed E-state index contributed by atoms with van der Waals surface area (Å²) in [6, 6.07) is 20.2. The zero-order valence-electron chi connectivity index (χ0n) is 12.1. The molecule has 0 spiro atoms. The Bertz CT molecular complexity index is 544. The summed E-state index contributed by atoms with van der Waals surface area (Å²) in [5, 5.41) is 10.5. The molecule has 3 rings (SSSR count). The Hall–Kier alpha value is -1.68. The molecule has 0 amide bonds. The molecule has 0 unspecified atom stereocenters. The van der Waals surface area contributed by atoms with Gasteiger partial charge >= 0.3 is 0 Å². The van der Waals surface area contributed by atoms with Gasteiger partial charge < -0.3 is 9.84 Å². The van der Waals surface area contributed by atoms with Crippen molar-refractivity contribution in [1.29, 1.82) is 0 Å². The lowest BCUT2D eigenvalue weighted by atomic mass is 10.0. The van der Waals surface area contributed by atoms with Gasteiger partial charge in [-0.1, -0.05) is 60.7 Å². The fourth-order valence-electron chi connectivity index (χ4n) is 2.77.